The van der Waals surface area contributed by atoms with Gasteiger partial charge in [-0.2, -0.15) is 10.0 Å². The Hall–Kier alpha value is -7.15. The van der Waals surface area contributed by atoms with Crippen molar-refractivity contribution in [3.05, 3.63) is 90.8 Å². The van der Waals surface area contributed by atoms with Crippen molar-refractivity contribution >= 4 is 51.0 Å². The van der Waals surface area contributed by atoms with Crippen LogP contribution in [-0.2, 0) is 15.1 Å². The molecule has 358 valence electrons. The van der Waals surface area contributed by atoms with Crippen molar-refractivity contribution in [2.24, 2.45) is 5.41 Å². The van der Waals surface area contributed by atoms with Crippen LogP contribution < -0.4 is 15.0 Å². The number of piperazine rings is 2. The van der Waals surface area contributed by atoms with Crippen LogP contribution in [0.15, 0.2) is 79.4 Å². The topological polar surface area (TPSA) is 205 Å². The molecule has 0 spiro atoms. The average Bonchev–Trinajstić information content (AvgIpc) is 4.05. The van der Waals surface area contributed by atoms with Crippen LogP contribution in [0.1, 0.15) is 72.8 Å². The summed E-state index contributed by atoms with van der Waals surface area (Å²) in [5.41, 5.74) is 5.32. The SMILES string of the molecule is CCOc1nc(N2CCNCC2)nc2c1[nH]c1cc(-c3cc(C4(C(C)(C)C)CN(OCC)C(c5ncc6nc7cc(-c8cccnc8)ccc7c-6[nH]5)CN4C(=O)O)cn3C(=O)OC(C)(C)C)ccc12. The normalized spacial score (nSPS) is 18.5. The van der Waals surface area contributed by atoms with Gasteiger partial charge in [-0.3, -0.25) is 19.3 Å². The molecular formula is C51H58N12O6. The van der Waals surface area contributed by atoms with E-state index in [1.165, 1.54) is 9.47 Å². The summed E-state index contributed by atoms with van der Waals surface area (Å²) < 4.78 is 13.6. The molecular weight excluding hydrogens is 877 g/mol. The monoisotopic (exact) mass is 934 g/mol. The second kappa shape index (κ2) is 17.4. The maximum atomic E-state index is 14.4. The maximum absolute atomic E-state index is 14.4. The second-order valence-corrected chi connectivity index (χ2v) is 19.7. The summed E-state index contributed by atoms with van der Waals surface area (Å²) in [6.45, 7) is 19.3. The maximum Gasteiger partial charge on any atom is 0.419 e. The van der Waals surface area contributed by atoms with E-state index in [1.54, 1.807) is 18.6 Å². The molecule has 4 aliphatic heterocycles. The third kappa shape index (κ3) is 8.15. The Bertz CT molecular complexity index is 3180. The van der Waals surface area contributed by atoms with Crippen molar-refractivity contribution in [3.8, 4) is 39.7 Å². The van der Waals surface area contributed by atoms with Crippen molar-refractivity contribution < 1.29 is 29.0 Å². The van der Waals surface area contributed by atoms with Crippen LogP contribution in [0.3, 0.4) is 0 Å². The summed E-state index contributed by atoms with van der Waals surface area (Å²) in [5.74, 6) is 1.59. The second-order valence-electron chi connectivity index (χ2n) is 19.7. The summed E-state index contributed by atoms with van der Waals surface area (Å²) >= 11 is 0. The lowest BCUT2D eigenvalue weighted by molar-refractivity contribution is -0.245. The first-order valence-electron chi connectivity index (χ1n) is 23.5. The standard InChI is InChI=1S/C51H58N12O6/c1-9-67-45-43-42(58-46(59-45)60-20-18-52-19-21-60)35-16-14-31(23-37(35)56-43)39-24-33(27-61(39)48(66)69-50(6,7)8)51(49(3,4)5)29-63(68-10-2)40(28-62(51)47(64)65)44-54-26-38-41(57-44)34-15-13-30(22-36(34)55-38)32-12-11-17-53-25-32/h11-17,22-27,40,52,56H,9-10,18-21,28-29H2,1-8H3,(H,54,57)(H,64,65). The quantitative estimate of drug-likeness (QED) is 0.107. The van der Waals surface area contributed by atoms with Crippen LogP contribution in [0.5, 0.6) is 5.88 Å². The van der Waals surface area contributed by atoms with Crippen LogP contribution in [-0.4, -0.2) is 125 Å². The number of H-pyrrole nitrogens is 2. The van der Waals surface area contributed by atoms with Gasteiger partial charge in [0.15, 0.2) is 0 Å². The molecule has 4 aliphatic rings. The van der Waals surface area contributed by atoms with Gasteiger partial charge in [-0.1, -0.05) is 45.0 Å². The van der Waals surface area contributed by atoms with E-state index in [2.05, 4.69) is 25.2 Å². The Morgan fingerprint density at radius 2 is 1.67 bits per heavy atom. The molecule has 2 atom stereocenters. The Balaban J connectivity index is 1.08. The number of aromatic nitrogens is 8. The van der Waals surface area contributed by atoms with E-state index >= 15 is 0 Å². The highest BCUT2D eigenvalue weighted by Crippen LogP contribution is 2.51. The van der Waals surface area contributed by atoms with Crippen LogP contribution in [0.25, 0.3) is 66.6 Å². The van der Waals surface area contributed by atoms with Gasteiger partial charge in [-0.25, -0.2) is 24.5 Å². The number of nitrogens with one attached hydrogen (secondary N) is 3. The van der Waals surface area contributed by atoms with Crippen LogP contribution in [0, 0.1) is 5.41 Å². The van der Waals surface area contributed by atoms with Gasteiger partial charge in [0, 0.05) is 72.2 Å². The highest BCUT2D eigenvalue weighted by atomic mass is 16.7. The Morgan fingerprint density at radius 1 is 0.884 bits per heavy atom. The number of rotatable bonds is 9. The molecule has 4 N–H and O–H groups in total. The zero-order chi connectivity index (χ0) is 48.4. The zero-order valence-corrected chi connectivity index (χ0v) is 40.3. The summed E-state index contributed by atoms with van der Waals surface area (Å²) in [6.07, 6.45) is 5.27. The number of anilines is 1. The van der Waals surface area contributed by atoms with E-state index in [9.17, 15) is 14.7 Å². The van der Waals surface area contributed by atoms with Crippen LogP contribution >= 0.6 is 0 Å². The molecule has 2 saturated heterocycles. The van der Waals surface area contributed by atoms with Gasteiger partial charge in [-0.15, -0.1) is 0 Å². The number of aromatic amines is 2. The number of hydrogen-bond acceptors (Lipinski definition) is 13. The minimum atomic E-state index is -1.28. The summed E-state index contributed by atoms with van der Waals surface area (Å²) in [6, 6.07) is 17.2. The van der Waals surface area contributed by atoms with Crippen molar-refractivity contribution in [2.75, 3.05) is 57.4 Å². The van der Waals surface area contributed by atoms with Gasteiger partial charge in [0.05, 0.1) is 54.9 Å². The lowest BCUT2D eigenvalue weighted by Crippen LogP contribution is -2.67. The smallest absolute Gasteiger partial charge is 0.419 e. The van der Waals surface area contributed by atoms with E-state index in [4.69, 9.17) is 34.2 Å². The first-order valence-corrected chi connectivity index (χ1v) is 23.5. The number of ether oxygens (including phenoxy) is 2. The fraction of sp³-hybridized carbons (Fsp3) is 0.392. The summed E-state index contributed by atoms with van der Waals surface area (Å²) in [4.78, 5) is 69.4. The fourth-order valence-electron chi connectivity index (χ4n) is 9.99. The predicted octanol–water partition coefficient (Wildman–Crippen LogP) is 8.84. The van der Waals surface area contributed by atoms with Crippen LogP contribution in [0.2, 0.25) is 0 Å². The van der Waals surface area contributed by atoms with Gasteiger partial charge in [0.2, 0.25) is 11.8 Å². The number of hydroxylamine groups is 2. The average molecular weight is 935 g/mol. The summed E-state index contributed by atoms with van der Waals surface area (Å²) in [5, 5.41) is 18.4. The number of carbonyl (C=O) groups excluding carboxylic acids is 1. The third-order valence-corrected chi connectivity index (χ3v) is 13.2. The van der Waals surface area contributed by atoms with Gasteiger partial charge in [-0.05, 0) is 81.5 Å². The highest BCUT2D eigenvalue weighted by molar-refractivity contribution is 6.08. The number of benzene rings is 2. The molecule has 2 fully saturated rings. The van der Waals surface area contributed by atoms with Gasteiger partial charge in [0.1, 0.15) is 34.2 Å². The van der Waals surface area contributed by atoms with Crippen molar-refractivity contribution in [1.29, 1.82) is 0 Å². The minimum absolute atomic E-state index is 0.0219. The third-order valence-electron chi connectivity index (χ3n) is 13.2. The number of fused-ring (bicyclic) bond motifs is 6. The molecule has 1 amide bonds. The Kier molecular flexibility index (Phi) is 11.5. The molecule has 0 bridgehead atoms. The number of carbonyl (C=O) groups is 2. The number of pyridine rings is 1. The van der Waals surface area contributed by atoms with Crippen molar-refractivity contribution in [3.63, 3.8) is 0 Å². The minimum Gasteiger partial charge on any atom is -0.476 e. The highest BCUT2D eigenvalue weighted by Gasteiger charge is 2.57. The number of nitrogens with zero attached hydrogens (tertiary/aromatic N) is 9. The van der Waals surface area contributed by atoms with Gasteiger partial charge in [0.25, 0.3) is 0 Å². The largest absolute Gasteiger partial charge is 0.476 e. The van der Waals surface area contributed by atoms with E-state index < -0.39 is 34.8 Å². The molecule has 8 heterocycles. The molecule has 0 saturated carbocycles. The molecule has 2 unspecified atom stereocenters. The molecule has 18 heteroatoms. The van der Waals surface area contributed by atoms with E-state index in [0.717, 1.165) is 70.3 Å². The van der Waals surface area contributed by atoms with E-state index in [0.29, 0.717) is 58.9 Å². The van der Waals surface area contributed by atoms with E-state index in [1.807, 2.05) is 121 Å². The molecule has 18 nitrogen and oxygen atoms in total. The van der Waals surface area contributed by atoms with Gasteiger partial charge < -0.3 is 34.8 Å². The summed E-state index contributed by atoms with van der Waals surface area (Å²) in [7, 11) is 0. The molecule has 4 aromatic heterocycles. The van der Waals surface area contributed by atoms with Crippen molar-refractivity contribution in [1.82, 2.24) is 54.7 Å². The molecule has 69 heavy (non-hydrogen) atoms. The lowest BCUT2D eigenvalue weighted by Gasteiger charge is -2.57. The van der Waals surface area contributed by atoms with Crippen molar-refractivity contribution in [2.45, 2.75) is 72.6 Å². The number of amides is 1. The first kappa shape index (κ1) is 45.6. The first-order chi connectivity index (χ1) is 33.1. The lowest BCUT2D eigenvalue weighted by atomic mass is 9.67. The zero-order valence-electron chi connectivity index (χ0n) is 40.3. The number of carboxylic acid groups (broad SMARTS) is 1. The van der Waals surface area contributed by atoms with E-state index in [-0.39, 0.29) is 13.1 Å². The number of hydrogen-bond donors (Lipinski definition) is 4. The van der Waals surface area contributed by atoms with Crippen LogP contribution in [0.4, 0.5) is 15.5 Å². The molecule has 10 rings (SSSR count). The van der Waals surface area contributed by atoms with Gasteiger partial charge >= 0.3 is 12.2 Å². The Morgan fingerprint density at radius 3 is 2.38 bits per heavy atom. The fourth-order valence-corrected chi connectivity index (χ4v) is 9.99. The predicted molar refractivity (Wildman–Crippen MR) is 263 cm³/mol. The molecule has 0 radical (unpaired) electrons. The Labute approximate surface area is 399 Å². The molecule has 0 aliphatic carbocycles. The molecule has 2 aromatic carbocycles. The molecule has 6 aromatic rings.